The van der Waals surface area contributed by atoms with Gasteiger partial charge in [0.25, 0.3) is 5.91 Å². The second-order valence-corrected chi connectivity index (χ2v) is 7.97. The van der Waals surface area contributed by atoms with E-state index in [1.807, 2.05) is 0 Å². The SMILES string of the molecule is Nc1nc(C(=O)N2CC3=C(CCC=C3)C2)c2cc(-c3cc(F)c(F)cc3CO)ccc2n1. The lowest BCUT2D eigenvalue weighted by Gasteiger charge is -2.18. The van der Waals surface area contributed by atoms with Gasteiger partial charge in [-0.2, -0.15) is 0 Å². The van der Waals surface area contributed by atoms with Crippen LogP contribution in [0, 0.1) is 11.6 Å². The number of carbonyl (C=O) groups excluding carboxylic acids is 1. The van der Waals surface area contributed by atoms with Gasteiger partial charge in [0.2, 0.25) is 5.95 Å². The van der Waals surface area contributed by atoms with Gasteiger partial charge in [-0.1, -0.05) is 18.2 Å². The maximum atomic E-state index is 13.9. The van der Waals surface area contributed by atoms with Gasteiger partial charge >= 0.3 is 0 Å². The minimum absolute atomic E-state index is 0.0192. The van der Waals surface area contributed by atoms with Crippen LogP contribution in [0.2, 0.25) is 0 Å². The van der Waals surface area contributed by atoms with Crippen LogP contribution in [0.4, 0.5) is 14.7 Å². The number of fused-ring (bicyclic) bond motifs is 1. The van der Waals surface area contributed by atoms with Gasteiger partial charge in [0.1, 0.15) is 5.69 Å². The number of nitrogen functional groups attached to an aromatic ring is 1. The monoisotopic (exact) mass is 434 g/mol. The second kappa shape index (κ2) is 7.80. The minimum Gasteiger partial charge on any atom is -0.392 e. The van der Waals surface area contributed by atoms with Crippen molar-refractivity contribution < 1.29 is 18.7 Å². The van der Waals surface area contributed by atoms with Gasteiger partial charge in [-0.25, -0.2) is 18.7 Å². The molecule has 162 valence electrons. The quantitative estimate of drug-likeness (QED) is 0.655. The number of nitrogens with two attached hydrogens (primary N) is 1. The fourth-order valence-corrected chi connectivity index (χ4v) is 4.36. The fourth-order valence-electron chi connectivity index (χ4n) is 4.36. The Morgan fingerprint density at radius 2 is 1.94 bits per heavy atom. The zero-order chi connectivity index (χ0) is 22.4. The van der Waals surface area contributed by atoms with Crippen LogP contribution in [0.5, 0.6) is 0 Å². The van der Waals surface area contributed by atoms with Crippen molar-refractivity contribution in [2.24, 2.45) is 0 Å². The Hall–Kier alpha value is -3.65. The summed E-state index contributed by atoms with van der Waals surface area (Å²) >= 11 is 0. The molecule has 1 amide bonds. The number of aliphatic hydroxyl groups excluding tert-OH is 1. The first-order valence-corrected chi connectivity index (χ1v) is 10.3. The minimum atomic E-state index is -1.04. The molecule has 3 N–H and O–H groups in total. The lowest BCUT2D eigenvalue weighted by atomic mass is 9.97. The summed E-state index contributed by atoms with van der Waals surface area (Å²) < 4.78 is 27.6. The van der Waals surface area contributed by atoms with Crippen LogP contribution >= 0.6 is 0 Å². The topological polar surface area (TPSA) is 92.3 Å². The zero-order valence-electron chi connectivity index (χ0n) is 17.1. The molecule has 3 aromatic rings. The van der Waals surface area contributed by atoms with E-state index >= 15 is 0 Å². The molecule has 0 fully saturated rings. The summed E-state index contributed by atoms with van der Waals surface area (Å²) in [5, 5.41) is 10.1. The molecule has 2 aliphatic rings. The Morgan fingerprint density at radius 1 is 1.12 bits per heavy atom. The number of benzene rings is 2. The van der Waals surface area contributed by atoms with Crippen LogP contribution in [-0.4, -0.2) is 39.0 Å². The summed E-state index contributed by atoms with van der Waals surface area (Å²) in [4.78, 5) is 23.6. The van der Waals surface area contributed by atoms with Gasteiger partial charge in [0, 0.05) is 18.5 Å². The highest BCUT2D eigenvalue weighted by Crippen LogP contribution is 2.32. The molecule has 0 unspecified atom stereocenters. The van der Waals surface area contributed by atoms with E-state index in [0.29, 0.717) is 35.1 Å². The highest BCUT2D eigenvalue weighted by Gasteiger charge is 2.28. The largest absolute Gasteiger partial charge is 0.392 e. The average molecular weight is 434 g/mol. The first-order valence-electron chi connectivity index (χ1n) is 10.3. The predicted octanol–water partition coefficient (Wildman–Crippen LogP) is 3.75. The van der Waals surface area contributed by atoms with Crippen molar-refractivity contribution in [3.05, 3.63) is 76.5 Å². The third-order valence-electron chi connectivity index (χ3n) is 5.96. The van der Waals surface area contributed by atoms with Crippen molar-refractivity contribution in [1.82, 2.24) is 14.9 Å². The molecule has 1 aliphatic heterocycles. The number of hydrogen-bond donors (Lipinski definition) is 2. The van der Waals surface area contributed by atoms with E-state index in [4.69, 9.17) is 5.73 Å². The Bertz CT molecular complexity index is 1330. The van der Waals surface area contributed by atoms with Crippen molar-refractivity contribution in [1.29, 1.82) is 0 Å². The lowest BCUT2D eigenvalue weighted by molar-refractivity contribution is 0.0792. The third-order valence-corrected chi connectivity index (χ3v) is 5.96. The summed E-state index contributed by atoms with van der Waals surface area (Å²) in [6, 6.07) is 6.96. The molecule has 8 heteroatoms. The van der Waals surface area contributed by atoms with Gasteiger partial charge in [-0.3, -0.25) is 4.79 Å². The Labute approximate surface area is 182 Å². The number of anilines is 1. The molecule has 0 spiro atoms. The first kappa shape index (κ1) is 20.3. The van der Waals surface area contributed by atoms with Crippen LogP contribution in [-0.2, 0) is 6.61 Å². The molecule has 0 bridgehead atoms. The molecule has 1 aliphatic carbocycles. The number of amides is 1. The number of allylic oxidation sites excluding steroid dienone is 1. The zero-order valence-corrected chi connectivity index (χ0v) is 17.1. The molecule has 2 aromatic carbocycles. The molecule has 0 radical (unpaired) electrons. The van der Waals surface area contributed by atoms with Crippen LogP contribution < -0.4 is 5.73 Å². The molecule has 6 nitrogen and oxygen atoms in total. The highest BCUT2D eigenvalue weighted by molar-refractivity contribution is 6.06. The van der Waals surface area contributed by atoms with E-state index in [2.05, 4.69) is 22.1 Å². The molecule has 1 aromatic heterocycles. The number of halogens is 2. The van der Waals surface area contributed by atoms with Crippen LogP contribution in [0.3, 0.4) is 0 Å². The normalized spacial score (nSPS) is 15.5. The number of hydrogen-bond acceptors (Lipinski definition) is 5. The molecule has 2 heterocycles. The van der Waals surface area contributed by atoms with Gasteiger partial charge in [-0.05, 0) is 64.9 Å². The standard InChI is InChI=1S/C24H20F2N4O2/c25-19-8-16(12-31)17(9-20(19)26)13-5-6-21-18(7-13)22(29-24(27)28-21)23(32)30-10-14-3-1-2-4-15(14)11-30/h1,3,5-9,31H,2,4,10-12H2,(H2,27,28,29). The van der Waals surface area contributed by atoms with Gasteiger partial charge in [0.15, 0.2) is 11.6 Å². The molecular formula is C24H20F2N4O2. The van der Waals surface area contributed by atoms with E-state index in [0.717, 1.165) is 30.5 Å². The molecule has 0 saturated carbocycles. The number of aliphatic hydroxyl groups is 1. The Balaban J connectivity index is 1.59. The van der Waals surface area contributed by atoms with Crippen LogP contribution in [0.1, 0.15) is 28.9 Å². The Kier molecular flexibility index (Phi) is 4.94. The number of carbonyl (C=O) groups is 1. The van der Waals surface area contributed by atoms with E-state index in [1.165, 1.54) is 5.57 Å². The van der Waals surface area contributed by atoms with E-state index in [-0.39, 0.29) is 23.1 Å². The van der Waals surface area contributed by atoms with E-state index < -0.39 is 18.2 Å². The molecule has 32 heavy (non-hydrogen) atoms. The maximum absolute atomic E-state index is 13.9. The molecule has 0 atom stereocenters. The van der Waals surface area contributed by atoms with Crippen LogP contribution in [0.25, 0.3) is 22.0 Å². The fraction of sp³-hybridized carbons (Fsp3) is 0.208. The van der Waals surface area contributed by atoms with Crippen molar-refractivity contribution in [2.75, 3.05) is 18.8 Å². The third kappa shape index (κ3) is 3.42. The number of aromatic nitrogens is 2. The lowest BCUT2D eigenvalue weighted by Crippen LogP contribution is -2.30. The maximum Gasteiger partial charge on any atom is 0.273 e. The second-order valence-electron chi connectivity index (χ2n) is 7.97. The number of nitrogens with zero attached hydrogens (tertiary/aromatic N) is 3. The van der Waals surface area contributed by atoms with Crippen molar-refractivity contribution in [3.8, 4) is 11.1 Å². The van der Waals surface area contributed by atoms with Gasteiger partial charge < -0.3 is 15.7 Å². The number of rotatable bonds is 3. The van der Waals surface area contributed by atoms with Gasteiger partial charge in [-0.15, -0.1) is 0 Å². The first-order chi connectivity index (χ1) is 15.4. The highest BCUT2D eigenvalue weighted by atomic mass is 19.2. The summed E-state index contributed by atoms with van der Waals surface area (Å²) in [6.07, 6.45) is 6.08. The van der Waals surface area contributed by atoms with Crippen LogP contribution in [0.15, 0.2) is 53.6 Å². The summed E-state index contributed by atoms with van der Waals surface area (Å²) in [7, 11) is 0. The van der Waals surface area contributed by atoms with Crippen molar-refractivity contribution >= 4 is 22.8 Å². The van der Waals surface area contributed by atoms with Crippen molar-refractivity contribution in [2.45, 2.75) is 19.4 Å². The predicted molar refractivity (Wildman–Crippen MR) is 117 cm³/mol. The molecule has 0 saturated heterocycles. The average Bonchev–Trinajstić information content (AvgIpc) is 3.23. The molecule has 5 rings (SSSR count). The summed E-state index contributed by atoms with van der Waals surface area (Å²) in [6.45, 7) is 0.585. The Morgan fingerprint density at radius 3 is 2.72 bits per heavy atom. The molecular weight excluding hydrogens is 414 g/mol. The summed E-state index contributed by atoms with van der Waals surface area (Å²) in [5.74, 6) is -2.35. The van der Waals surface area contributed by atoms with E-state index in [9.17, 15) is 18.7 Å². The summed E-state index contributed by atoms with van der Waals surface area (Å²) in [5.41, 5.74) is 9.97. The van der Waals surface area contributed by atoms with E-state index in [1.54, 1.807) is 23.1 Å². The van der Waals surface area contributed by atoms with Crippen molar-refractivity contribution in [3.63, 3.8) is 0 Å². The smallest absolute Gasteiger partial charge is 0.273 e. The van der Waals surface area contributed by atoms with Gasteiger partial charge in [0.05, 0.1) is 12.1 Å².